The molecule has 0 aliphatic carbocycles. The fraction of sp³-hybridized carbons (Fsp3) is 0.0769. The second-order valence-corrected chi connectivity index (χ2v) is 3.82. The fourth-order valence-corrected chi connectivity index (χ4v) is 1.83. The van der Waals surface area contributed by atoms with Crippen molar-refractivity contribution in [2.75, 3.05) is 0 Å². The SMILES string of the molecule is [CH2][CH]Cc1c(F)c(F)c2c(F)cc(F)c(F)c2c1F. The van der Waals surface area contributed by atoms with Crippen LogP contribution in [0.15, 0.2) is 6.07 Å². The van der Waals surface area contributed by atoms with Crippen molar-refractivity contribution in [3.05, 3.63) is 59.9 Å². The van der Waals surface area contributed by atoms with E-state index in [0.717, 1.165) is 6.42 Å². The van der Waals surface area contributed by atoms with Crippen molar-refractivity contribution in [1.82, 2.24) is 0 Å². The van der Waals surface area contributed by atoms with Gasteiger partial charge >= 0.3 is 0 Å². The molecule has 6 heteroatoms. The highest BCUT2D eigenvalue weighted by Crippen LogP contribution is 2.33. The minimum absolute atomic E-state index is 0.0345. The summed E-state index contributed by atoms with van der Waals surface area (Å²) < 4.78 is 80.9. The lowest BCUT2D eigenvalue weighted by Crippen LogP contribution is -2.05. The Morgan fingerprint density at radius 2 is 1.42 bits per heavy atom. The van der Waals surface area contributed by atoms with Crippen LogP contribution in [0.1, 0.15) is 5.56 Å². The predicted octanol–water partition coefficient (Wildman–Crippen LogP) is 4.26. The molecule has 19 heavy (non-hydrogen) atoms. The van der Waals surface area contributed by atoms with Crippen LogP contribution in [-0.2, 0) is 6.42 Å². The maximum absolute atomic E-state index is 13.9. The highest BCUT2D eigenvalue weighted by molar-refractivity contribution is 5.86. The lowest BCUT2D eigenvalue weighted by atomic mass is 10.0. The van der Waals surface area contributed by atoms with Gasteiger partial charge in [-0.2, -0.15) is 0 Å². The zero-order valence-electron chi connectivity index (χ0n) is 9.34. The summed E-state index contributed by atoms with van der Waals surface area (Å²) in [5.74, 6) is -9.96. The Hall–Kier alpha value is -1.72. The predicted molar refractivity (Wildman–Crippen MR) is 57.1 cm³/mol. The highest BCUT2D eigenvalue weighted by Gasteiger charge is 2.26. The second-order valence-electron chi connectivity index (χ2n) is 3.82. The zero-order chi connectivity index (χ0) is 14.3. The van der Waals surface area contributed by atoms with Crippen LogP contribution >= 0.6 is 0 Å². The lowest BCUT2D eigenvalue weighted by Gasteiger charge is -2.11. The Morgan fingerprint density at radius 1 is 0.789 bits per heavy atom. The lowest BCUT2D eigenvalue weighted by molar-refractivity contribution is 0.474. The number of hydrogen-bond acceptors (Lipinski definition) is 0. The van der Waals surface area contributed by atoms with Crippen LogP contribution in [0, 0.1) is 48.2 Å². The van der Waals surface area contributed by atoms with E-state index in [4.69, 9.17) is 0 Å². The summed E-state index contributed by atoms with van der Waals surface area (Å²) in [5.41, 5.74) is -0.830. The standard InChI is InChI=1S/C13H6F6/c1-2-3-5-10(16)9-8(13(19)11(5)17)6(14)4-7(15)12(9)18/h2,4H,1,3H2. The molecule has 0 amide bonds. The van der Waals surface area contributed by atoms with Crippen molar-refractivity contribution >= 4 is 10.8 Å². The van der Waals surface area contributed by atoms with Crippen LogP contribution < -0.4 is 0 Å². The molecule has 0 bridgehead atoms. The van der Waals surface area contributed by atoms with Gasteiger partial charge in [0.25, 0.3) is 0 Å². The Kier molecular flexibility index (Phi) is 3.43. The van der Waals surface area contributed by atoms with E-state index in [2.05, 4.69) is 6.92 Å². The summed E-state index contributed by atoms with van der Waals surface area (Å²) in [5, 5.41) is -2.49. The Labute approximate surface area is 104 Å². The number of hydrogen-bond donors (Lipinski definition) is 0. The number of rotatable bonds is 2. The van der Waals surface area contributed by atoms with Gasteiger partial charge in [0.05, 0.1) is 10.8 Å². The molecule has 2 radical (unpaired) electrons. The van der Waals surface area contributed by atoms with Crippen molar-refractivity contribution < 1.29 is 26.3 Å². The van der Waals surface area contributed by atoms with Crippen molar-refractivity contribution in [1.29, 1.82) is 0 Å². The smallest absolute Gasteiger partial charge is 0.170 e. The third-order valence-corrected chi connectivity index (χ3v) is 2.68. The number of halogens is 6. The van der Waals surface area contributed by atoms with Crippen molar-refractivity contribution in [3.8, 4) is 0 Å². The average Bonchev–Trinajstić information content (AvgIpc) is 2.36. The van der Waals surface area contributed by atoms with Gasteiger partial charge in [0.2, 0.25) is 0 Å². The van der Waals surface area contributed by atoms with E-state index in [1.165, 1.54) is 0 Å². The van der Waals surface area contributed by atoms with Gasteiger partial charge in [-0.05, 0) is 19.8 Å². The Bertz CT molecular complexity index is 662. The molecule has 0 nitrogen and oxygen atoms in total. The molecule has 0 spiro atoms. The summed E-state index contributed by atoms with van der Waals surface area (Å²) in [6.07, 6.45) is 0.614. The molecule has 0 heterocycles. The third kappa shape index (κ3) is 1.95. The molecular weight excluding hydrogens is 270 g/mol. The van der Waals surface area contributed by atoms with Crippen LogP contribution in [0.3, 0.4) is 0 Å². The quantitative estimate of drug-likeness (QED) is 0.568. The molecule has 0 N–H and O–H groups in total. The van der Waals surface area contributed by atoms with Crippen LogP contribution in [0.5, 0.6) is 0 Å². The van der Waals surface area contributed by atoms with E-state index in [1.807, 2.05) is 0 Å². The first-order valence-electron chi connectivity index (χ1n) is 5.13. The van der Waals surface area contributed by atoms with Gasteiger partial charge in [0.1, 0.15) is 11.6 Å². The zero-order valence-corrected chi connectivity index (χ0v) is 9.34. The van der Waals surface area contributed by atoms with Crippen molar-refractivity contribution in [2.24, 2.45) is 0 Å². The molecular formula is C13H6F6. The van der Waals surface area contributed by atoms with E-state index < -0.39 is 57.7 Å². The first kappa shape index (κ1) is 13.7. The molecule has 0 fully saturated rings. The summed E-state index contributed by atoms with van der Waals surface area (Å²) >= 11 is 0. The first-order chi connectivity index (χ1) is 8.90. The van der Waals surface area contributed by atoms with Crippen molar-refractivity contribution in [2.45, 2.75) is 6.42 Å². The van der Waals surface area contributed by atoms with Gasteiger partial charge in [-0.3, -0.25) is 0 Å². The van der Waals surface area contributed by atoms with E-state index in [1.54, 1.807) is 0 Å². The number of benzene rings is 2. The van der Waals surface area contributed by atoms with Gasteiger partial charge in [-0.1, -0.05) is 0 Å². The van der Waals surface area contributed by atoms with Gasteiger partial charge < -0.3 is 0 Å². The minimum atomic E-state index is -1.77. The third-order valence-electron chi connectivity index (χ3n) is 2.68. The minimum Gasteiger partial charge on any atom is -0.206 e. The van der Waals surface area contributed by atoms with Gasteiger partial charge in [-0.25, -0.2) is 26.3 Å². The maximum Gasteiger partial charge on any atom is 0.170 e. The fourth-order valence-electron chi connectivity index (χ4n) is 1.83. The molecule has 0 atom stereocenters. The molecule has 0 aromatic heterocycles. The Balaban J connectivity index is 3.03. The molecule has 0 aliphatic rings. The summed E-state index contributed by atoms with van der Waals surface area (Å²) in [7, 11) is 0. The summed E-state index contributed by atoms with van der Waals surface area (Å²) in [4.78, 5) is 0. The summed E-state index contributed by atoms with van der Waals surface area (Å²) in [6.45, 7) is 3.21. The average molecular weight is 276 g/mol. The van der Waals surface area contributed by atoms with E-state index in [0.29, 0.717) is 0 Å². The van der Waals surface area contributed by atoms with Crippen LogP contribution in [0.2, 0.25) is 0 Å². The molecule has 0 aliphatic heterocycles. The second kappa shape index (κ2) is 4.75. The van der Waals surface area contributed by atoms with Gasteiger partial charge in [0, 0.05) is 11.6 Å². The largest absolute Gasteiger partial charge is 0.206 e. The highest BCUT2D eigenvalue weighted by atomic mass is 19.2. The van der Waals surface area contributed by atoms with Crippen LogP contribution in [-0.4, -0.2) is 0 Å². The van der Waals surface area contributed by atoms with Gasteiger partial charge in [-0.15, -0.1) is 0 Å². The number of fused-ring (bicyclic) bond motifs is 1. The molecule has 0 unspecified atom stereocenters. The van der Waals surface area contributed by atoms with Gasteiger partial charge in [0.15, 0.2) is 23.3 Å². The van der Waals surface area contributed by atoms with Crippen LogP contribution in [0.25, 0.3) is 10.8 Å². The maximum atomic E-state index is 13.9. The molecule has 2 aromatic carbocycles. The van der Waals surface area contributed by atoms with Crippen molar-refractivity contribution in [3.63, 3.8) is 0 Å². The first-order valence-corrected chi connectivity index (χ1v) is 5.13. The summed E-state index contributed by atoms with van der Waals surface area (Å²) in [6, 6.07) is 0.0345. The molecule has 2 rings (SSSR count). The van der Waals surface area contributed by atoms with E-state index >= 15 is 0 Å². The Morgan fingerprint density at radius 3 is 2.00 bits per heavy atom. The van der Waals surface area contributed by atoms with Crippen LogP contribution in [0.4, 0.5) is 26.3 Å². The normalized spacial score (nSPS) is 11.3. The molecule has 0 saturated carbocycles. The topological polar surface area (TPSA) is 0 Å². The molecule has 0 saturated heterocycles. The molecule has 100 valence electrons. The monoisotopic (exact) mass is 276 g/mol. The molecule has 2 aromatic rings. The van der Waals surface area contributed by atoms with E-state index in [-0.39, 0.29) is 6.07 Å². The van der Waals surface area contributed by atoms with E-state index in [9.17, 15) is 26.3 Å².